The second-order valence-electron chi connectivity index (χ2n) is 6.89. The highest BCUT2D eigenvalue weighted by Gasteiger charge is 2.33. The maximum atomic E-state index is 12.0. The predicted octanol–water partition coefficient (Wildman–Crippen LogP) is 3.20. The molecular formula is C17H33NO4. The largest absolute Gasteiger partial charge is 0.444 e. The molecule has 1 amide bonds. The van der Waals surface area contributed by atoms with E-state index >= 15 is 0 Å². The molecule has 2 heterocycles. The van der Waals surface area contributed by atoms with E-state index < -0.39 is 5.60 Å². The van der Waals surface area contributed by atoms with Gasteiger partial charge in [0.05, 0.1) is 12.2 Å². The molecule has 0 spiro atoms. The zero-order valence-corrected chi connectivity index (χ0v) is 14.8. The van der Waals surface area contributed by atoms with Crippen molar-refractivity contribution in [1.29, 1.82) is 0 Å². The molecule has 0 aromatic carbocycles. The van der Waals surface area contributed by atoms with Crippen molar-refractivity contribution in [2.75, 3.05) is 19.7 Å². The van der Waals surface area contributed by atoms with E-state index in [4.69, 9.17) is 9.47 Å². The van der Waals surface area contributed by atoms with Crippen molar-refractivity contribution in [3.63, 3.8) is 0 Å². The molecule has 0 aliphatic carbocycles. The Morgan fingerprint density at radius 2 is 1.77 bits per heavy atom. The molecule has 22 heavy (non-hydrogen) atoms. The van der Waals surface area contributed by atoms with Gasteiger partial charge in [0, 0.05) is 19.7 Å². The third kappa shape index (κ3) is 6.13. The van der Waals surface area contributed by atoms with Gasteiger partial charge in [-0.25, -0.2) is 4.79 Å². The Labute approximate surface area is 135 Å². The maximum Gasteiger partial charge on any atom is 0.410 e. The summed E-state index contributed by atoms with van der Waals surface area (Å²) < 4.78 is 11.2. The standard InChI is InChI=1S/C15H27NO4.C2H6/c1-15(2,3)20-14(18)16-7-4-11(5-8-16)13-10-12(17)6-9-19-13;1-2/h11-13,17H,4-10H2,1-3H3;1-2H3. The molecular weight excluding hydrogens is 282 g/mol. The fourth-order valence-electron chi connectivity index (χ4n) is 2.92. The Balaban J connectivity index is 0.00000116. The first kappa shape index (κ1) is 19.2. The minimum Gasteiger partial charge on any atom is -0.444 e. The van der Waals surface area contributed by atoms with E-state index in [0.717, 1.165) is 38.8 Å². The lowest BCUT2D eigenvalue weighted by molar-refractivity contribution is -0.0801. The van der Waals surface area contributed by atoms with Gasteiger partial charge >= 0.3 is 6.09 Å². The number of carbonyl (C=O) groups is 1. The quantitative estimate of drug-likeness (QED) is 0.807. The topological polar surface area (TPSA) is 59.0 Å². The lowest BCUT2D eigenvalue weighted by Crippen LogP contribution is -2.45. The Morgan fingerprint density at radius 1 is 1.18 bits per heavy atom. The molecule has 2 aliphatic rings. The molecule has 0 radical (unpaired) electrons. The van der Waals surface area contributed by atoms with Gasteiger partial charge < -0.3 is 19.5 Å². The SMILES string of the molecule is CC.CC(C)(C)OC(=O)N1CCC(C2CC(O)CCO2)CC1. The third-order valence-corrected chi connectivity index (χ3v) is 4.00. The van der Waals surface area contributed by atoms with Crippen LogP contribution in [0.15, 0.2) is 0 Å². The van der Waals surface area contributed by atoms with Crippen LogP contribution in [0.2, 0.25) is 0 Å². The van der Waals surface area contributed by atoms with E-state index in [1.54, 1.807) is 4.90 Å². The Kier molecular flexibility index (Phi) is 7.63. The van der Waals surface area contributed by atoms with Crippen LogP contribution in [0.4, 0.5) is 4.79 Å². The molecule has 2 rings (SSSR count). The number of ether oxygens (including phenoxy) is 2. The van der Waals surface area contributed by atoms with E-state index in [2.05, 4.69) is 0 Å². The number of hydrogen-bond acceptors (Lipinski definition) is 4. The first-order chi connectivity index (χ1) is 10.3. The highest BCUT2D eigenvalue weighted by Crippen LogP contribution is 2.29. The second-order valence-corrected chi connectivity index (χ2v) is 6.89. The predicted molar refractivity (Wildman–Crippen MR) is 86.9 cm³/mol. The van der Waals surface area contributed by atoms with Crippen LogP contribution in [0.1, 0.15) is 60.3 Å². The summed E-state index contributed by atoms with van der Waals surface area (Å²) in [4.78, 5) is 13.8. The number of piperidine rings is 1. The van der Waals surface area contributed by atoms with E-state index in [1.165, 1.54) is 0 Å². The van der Waals surface area contributed by atoms with E-state index in [9.17, 15) is 9.90 Å². The smallest absolute Gasteiger partial charge is 0.410 e. The molecule has 0 saturated carbocycles. The highest BCUT2D eigenvalue weighted by atomic mass is 16.6. The molecule has 2 aliphatic heterocycles. The average molecular weight is 315 g/mol. The number of aliphatic hydroxyl groups is 1. The summed E-state index contributed by atoms with van der Waals surface area (Å²) in [6.45, 7) is 11.7. The second kappa shape index (κ2) is 8.73. The van der Waals surface area contributed by atoms with Crippen LogP contribution < -0.4 is 0 Å². The number of nitrogens with zero attached hydrogens (tertiary/aromatic N) is 1. The zero-order chi connectivity index (χ0) is 16.8. The van der Waals surface area contributed by atoms with Gasteiger partial charge in [-0.3, -0.25) is 0 Å². The van der Waals surface area contributed by atoms with E-state index in [1.807, 2.05) is 34.6 Å². The number of likely N-dealkylation sites (tertiary alicyclic amines) is 1. The molecule has 130 valence electrons. The van der Waals surface area contributed by atoms with Crippen LogP contribution in [0.3, 0.4) is 0 Å². The van der Waals surface area contributed by atoms with Crippen LogP contribution in [-0.4, -0.2) is 53.6 Å². The van der Waals surface area contributed by atoms with E-state index in [-0.39, 0.29) is 18.3 Å². The molecule has 0 aromatic heterocycles. The van der Waals surface area contributed by atoms with Crippen molar-refractivity contribution in [2.45, 2.75) is 78.1 Å². The summed E-state index contributed by atoms with van der Waals surface area (Å²) in [6.07, 6.45) is 3.04. The molecule has 5 heteroatoms. The summed E-state index contributed by atoms with van der Waals surface area (Å²) in [5.41, 5.74) is -0.440. The monoisotopic (exact) mass is 315 g/mol. The molecule has 2 fully saturated rings. The minimum absolute atomic E-state index is 0.152. The van der Waals surface area contributed by atoms with Crippen LogP contribution in [0.25, 0.3) is 0 Å². The summed E-state index contributed by atoms with van der Waals surface area (Å²) >= 11 is 0. The van der Waals surface area contributed by atoms with Gasteiger partial charge in [0.1, 0.15) is 5.60 Å². The van der Waals surface area contributed by atoms with Crippen molar-refractivity contribution in [2.24, 2.45) is 5.92 Å². The summed E-state index contributed by atoms with van der Waals surface area (Å²) in [5, 5.41) is 9.71. The Hall–Kier alpha value is -0.810. The van der Waals surface area contributed by atoms with Crippen LogP contribution in [0.5, 0.6) is 0 Å². The Bertz CT molecular complexity index is 332. The van der Waals surface area contributed by atoms with Crippen molar-refractivity contribution in [3.05, 3.63) is 0 Å². The normalized spacial score (nSPS) is 26.9. The number of hydrogen-bond donors (Lipinski definition) is 1. The number of carbonyl (C=O) groups excluding carboxylic acids is 1. The van der Waals surface area contributed by atoms with Crippen molar-refractivity contribution in [3.8, 4) is 0 Å². The van der Waals surface area contributed by atoms with Crippen LogP contribution >= 0.6 is 0 Å². The van der Waals surface area contributed by atoms with Gasteiger partial charge in [-0.1, -0.05) is 13.8 Å². The van der Waals surface area contributed by atoms with Gasteiger partial charge in [0.15, 0.2) is 0 Å². The van der Waals surface area contributed by atoms with Crippen LogP contribution in [-0.2, 0) is 9.47 Å². The minimum atomic E-state index is -0.440. The van der Waals surface area contributed by atoms with Crippen molar-refractivity contribution < 1.29 is 19.4 Å². The summed E-state index contributed by atoms with van der Waals surface area (Å²) in [7, 11) is 0. The lowest BCUT2D eigenvalue weighted by atomic mass is 9.87. The summed E-state index contributed by atoms with van der Waals surface area (Å²) in [6, 6.07) is 0. The fraction of sp³-hybridized carbons (Fsp3) is 0.941. The van der Waals surface area contributed by atoms with Gasteiger partial charge in [-0.2, -0.15) is 0 Å². The van der Waals surface area contributed by atoms with Crippen molar-refractivity contribution in [1.82, 2.24) is 4.90 Å². The number of rotatable bonds is 1. The van der Waals surface area contributed by atoms with Gasteiger partial charge in [0.25, 0.3) is 0 Å². The number of amides is 1. The highest BCUT2D eigenvalue weighted by molar-refractivity contribution is 5.68. The van der Waals surface area contributed by atoms with Crippen molar-refractivity contribution >= 4 is 6.09 Å². The van der Waals surface area contributed by atoms with Gasteiger partial charge in [-0.15, -0.1) is 0 Å². The molecule has 2 saturated heterocycles. The third-order valence-electron chi connectivity index (χ3n) is 4.00. The molecule has 1 N–H and O–H groups in total. The van der Waals surface area contributed by atoms with E-state index in [0.29, 0.717) is 12.5 Å². The van der Waals surface area contributed by atoms with Crippen LogP contribution in [0, 0.1) is 5.92 Å². The van der Waals surface area contributed by atoms with Gasteiger partial charge in [0.2, 0.25) is 0 Å². The average Bonchev–Trinajstić information content (AvgIpc) is 2.48. The lowest BCUT2D eigenvalue weighted by Gasteiger charge is -2.38. The van der Waals surface area contributed by atoms with Gasteiger partial charge in [-0.05, 0) is 52.4 Å². The maximum absolute atomic E-state index is 12.0. The first-order valence-electron chi connectivity index (χ1n) is 8.63. The molecule has 2 unspecified atom stereocenters. The molecule has 0 bridgehead atoms. The Morgan fingerprint density at radius 3 is 2.27 bits per heavy atom. The fourth-order valence-corrected chi connectivity index (χ4v) is 2.92. The number of aliphatic hydroxyl groups excluding tert-OH is 1. The first-order valence-corrected chi connectivity index (χ1v) is 8.63. The zero-order valence-electron chi connectivity index (χ0n) is 14.8. The molecule has 5 nitrogen and oxygen atoms in total. The molecule has 0 aromatic rings. The summed E-state index contributed by atoms with van der Waals surface area (Å²) in [5.74, 6) is 0.448. The molecule has 2 atom stereocenters.